The molecule has 0 spiro atoms. The molecular weight excluding hydrogens is 316 g/mol. The third-order valence-electron chi connectivity index (χ3n) is 3.92. The summed E-state index contributed by atoms with van der Waals surface area (Å²) >= 11 is 0. The van der Waals surface area contributed by atoms with E-state index in [1.807, 2.05) is 12.1 Å². The van der Waals surface area contributed by atoms with E-state index in [9.17, 15) is 4.79 Å². The maximum Gasteiger partial charge on any atom is 0.227 e. The van der Waals surface area contributed by atoms with E-state index in [0.717, 1.165) is 25.1 Å². The van der Waals surface area contributed by atoms with Gasteiger partial charge in [0.05, 0.1) is 0 Å². The summed E-state index contributed by atoms with van der Waals surface area (Å²) in [6, 6.07) is 8.16. The topological polar surface area (TPSA) is 80.0 Å². The van der Waals surface area contributed by atoms with E-state index in [2.05, 4.69) is 53.7 Å². The van der Waals surface area contributed by atoms with E-state index < -0.39 is 0 Å². The third kappa shape index (κ3) is 6.31. The number of aryl methyl sites for hydroxylation is 1. The van der Waals surface area contributed by atoms with E-state index in [1.165, 1.54) is 5.56 Å². The molecule has 6 nitrogen and oxygen atoms in total. The number of amides is 1. The van der Waals surface area contributed by atoms with E-state index in [4.69, 9.17) is 4.52 Å². The van der Waals surface area contributed by atoms with Gasteiger partial charge >= 0.3 is 0 Å². The number of rotatable bonds is 10. The van der Waals surface area contributed by atoms with Gasteiger partial charge in [0.25, 0.3) is 0 Å². The van der Waals surface area contributed by atoms with Crippen molar-refractivity contribution in [3.05, 3.63) is 35.7 Å². The van der Waals surface area contributed by atoms with Gasteiger partial charge in [0.1, 0.15) is 0 Å². The van der Waals surface area contributed by atoms with Crippen LogP contribution in [0.2, 0.25) is 0 Å². The Kier molecular flexibility index (Phi) is 7.60. The molecule has 2 rings (SSSR count). The van der Waals surface area contributed by atoms with E-state index in [-0.39, 0.29) is 5.91 Å². The first kappa shape index (κ1) is 19.1. The molecule has 0 aliphatic carbocycles. The normalized spacial score (nSPS) is 11.0. The van der Waals surface area contributed by atoms with Gasteiger partial charge < -0.3 is 15.2 Å². The first-order chi connectivity index (χ1) is 12.1. The largest absolute Gasteiger partial charge is 0.355 e. The highest BCUT2D eigenvalue weighted by molar-refractivity contribution is 5.76. The summed E-state index contributed by atoms with van der Waals surface area (Å²) in [5.41, 5.74) is 2.20. The van der Waals surface area contributed by atoms with Crippen molar-refractivity contribution in [3.63, 3.8) is 0 Å². The lowest BCUT2D eigenvalue weighted by Crippen LogP contribution is -2.32. The summed E-state index contributed by atoms with van der Waals surface area (Å²) in [5, 5.41) is 10.1. The second kappa shape index (κ2) is 9.93. The van der Waals surface area contributed by atoms with Crippen LogP contribution in [0.5, 0.6) is 0 Å². The lowest BCUT2D eigenvalue weighted by molar-refractivity contribution is -0.121. The standard InChI is InChI=1S/C19H28N4O2/c1-4-11-20-12-13-21-17(24)9-10-18-22-19(23-25-18)16-7-5-15(6-8-16)14(2)3/h5-8,14,20H,4,9-13H2,1-3H3,(H,21,24). The van der Waals surface area contributed by atoms with Gasteiger partial charge in [-0.2, -0.15) is 4.98 Å². The lowest BCUT2D eigenvalue weighted by Gasteiger charge is -2.05. The number of benzene rings is 1. The van der Waals surface area contributed by atoms with Crippen molar-refractivity contribution < 1.29 is 9.32 Å². The molecule has 6 heteroatoms. The monoisotopic (exact) mass is 344 g/mol. The fourth-order valence-corrected chi connectivity index (χ4v) is 2.39. The van der Waals surface area contributed by atoms with Crippen molar-refractivity contribution in [2.24, 2.45) is 0 Å². The van der Waals surface area contributed by atoms with Crippen LogP contribution >= 0.6 is 0 Å². The van der Waals surface area contributed by atoms with Crippen molar-refractivity contribution in [3.8, 4) is 11.4 Å². The molecule has 25 heavy (non-hydrogen) atoms. The van der Waals surface area contributed by atoms with Crippen LogP contribution in [0.4, 0.5) is 0 Å². The number of carbonyl (C=O) groups excluding carboxylic acids is 1. The summed E-state index contributed by atoms with van der Waals surface area (Å²) in [7, 11) is 0. The van der Waals surface area contributed by atoms with Gasteiger partial charge in [-0.3, -0.25) is 4.79 Å². The molecule has 1 aromatic carbocycles. The predicted molar refractivity (Wildman–Crippen MR) is 98.3 cm³/mol. The summed E-state index contributed by atoms with van der Waals surface area (Å²) in [6.45, 7) is 8.83. The highest BCUT2D eigenvalue weighted by Crippen LogP contribution is 2.20. The van der Waals surface area contributed by atoms with Crippen LogP contribution in [0.3, 0.4) is 0 Å². The summed E-state index contributed by atoms with van der Waals surface area (Å²) < 4.78 is 5.25. The van der Waals surface area contributed by atoms with E-state index in [1.54, 1.807) is 0 Å². The second-order valence-corrected chi connectivity index (χ2v) is 6.39. The molecule has 0 aliphatic heterocycles. The minimum absolute atomic E-state index is 0.000616. The number of carbonyl (C=O) groups is 1. The van der Waals surface area contributed by atoms with Gasteiger partial charge in [-0.15, -0.1) is 0 Å². The molecule has 0 bridgehead atoms. The Balaban J connectivity index is 1.78. The zero-order valence-corrected chi connectivity index (χ0v) is 15.3. The SMILES string of the molecule is CCCNCCNC(=O)CCc1nc(-c2ccc(C(C)C)cc2)no1. The summed E-state index contributed by atoms with van der Waals surface area (Å²) in [4.78, 5) is 16.2. The Labute approximate surface area is 149 Å². The average molecular weight is 344 g/mol. The molecule has 0 unspecified atom stereocenters. The van der Waals surface area contributed by atoms with Crippen LogP contribution < -0.4 is 10.6 Å². The lowest BCUT2D eigenvalue weighted by atomic mass is 10.0. The average Bonchev–Trinajstić information content (AvgIpc) is 3.09. The summed E-state index contributed by atoms with van der Waals surface area (Å²) in [5.74, 6) is 1.54. The maximum atomic E-state index is 11.8. The number of nitrogens with zero attached hydrogens (tertiary/aromatic N) is 2. The van der Waals surface area contributed by atoms with E-state index in [0.29, 0.717) is 37.0 Å². The first-order valence-electron chi connectivity index (χ1n) is 9.00. The second-order valence-electron chi connectivity index (χ2n) is 6.39. The van der Waals surface area contributed by atoms with Crippen LogP contribution in [0.25, 0.3) is 11.4 Å². The van der Waals surface area contributed by atoms with Crippen molar-refractivity contribution in [1.29, 1.82) is 0 Å². The molecule has 2 N–H and O–H groups in total. The summed E-state index contributed by atoms with van der Waals surface area (Å²) in [6.07, 6.45) is 1.89. The van der Waals surface area contributed by atoms with Gasteiger partial charge in [0.2, 0.25) is 17.6 Å². The number of hydrogen-bond donors (Lipinski definition) is 2. The molecule has 0 radical (unpaired) electrons. The van der Waals surface area contributed by atoms with E-state index >= 15 is 0 Å². The first-order valence-corrected chi connectivity index (χ1v) is 9.00. The fraction of sp³-hybridized carbons (Fsp3) is 0.526. The molecule has 0 saturated heterocycles. The van der Waals surface area contributed by atoms with Crippen LogP contribution in [0, 0.1) is 0 Å². The molecule has 1 heterocycles. The van der Waals surface area contributed by atoms with Crippen molar-refractivity contribution in [2.45, 2.75) is 46.0 Å². The van der Waals surface area contributed by atoms with Gasteiger partial charge in [-0.1, -0.05) is 50.2 Å². The quantitative estimate of drug-likeness (QED) is 0.648. The zero-order chi connectivity index (χ0) is 18.1. The van der Waals surface area contributed by atoms with Crippen molar-refractivity contribution >= 4 is 5.91 Å². The fourth-order valence-electron chi connectivity index (χ4n) is 2.39. The minimum Gasteiger partial charge on any atom is -0.355 e. The Morgan fingerprint density at radius 1 is 1.16 bits per heavy atom. The maximum absolute atomic E-state index is 11.8. The molecule has 0 fully saturated rings. The Hall–Kier alpha value is -2.21. The Morgan fingerprint density at radius 2 is 1.92 bits per heavy atom. The van der Waals surface area contributed by atoms with Crippen molar-refractivity contribution in [1.82, 2.24) is 20.8 Å². The number of aromatic nitrogens is 2. The predicted octanol–water partition coefficient (Wildman–Crippen LogP) is 2.91. The molecule has 136 valence electrons. The molecule has 0 saturated carbocycles. The highest BCUT2D eigenvalue weighted by Gasteiger charge is 2.11. The number of hydrogen-bond acceptors (Lipinski definition) is 5. The van der Waals surface area contributed by atoms with Gasteiger partial charge in [-0.05, 0) is 24.4 Å². The smallest absolute Gasteiger partial charge is 0.227 e. The molecule has 0 atom stereocenters. The molecule has 1 amide bonds. The molecular formula is C19H28N4O2. The van der Waals surface area contributed by atoms with Gasteiger partial charge in [0, 0.05) is 31.5 Å². The Bertz CT molecular complexity index is 650. The van der Waals surface area contributed by atoms with Crippen LogP contribution in [-0.4, -0.2) is 35.7 Å². The molecule has 1 aromatic heterocycles. The number of nitrogens with one attached hydrogen (secondary N) is 2. The van der Waals surface area contributed by atoms with Gasteiger partial charge in [-0.25, -0.2) is 0 Å². The Morgan fingerprint density at radius 3 is 2.60 bits per heavy atom. The van der Waals surface area contributed by atoms with Gasteiger partial charge in [0.15, 0.2) is 0 Å². The van der Waals surface area contributed by atoms with Crippen LogP contribution in [0.15, 0.2) is 28.8 Å². The minimum atomic E-state index is -0.000616. The van der Waals surface area contributed by atoms with Crippen LogP contribution in [-0.2, 0) is 11.2 Å². The van der Waals surface area contributed by atoms with Crippen LogP contribution in [0.1, 0.15) is 51.0 Å². The van der Waals surface area contributed by atoms with Crippen molar-refractivity contribution in [2.75, 3.05) is 19.6 Å². The zero-order valence-electron chi connectivity index (χ0n) is 15.3. The third-order valence-corrected chi connectivity index (χ3v) is 3.92. The molecule has 2 aromatic rings. The highest BCUT2D eigenvalue weighted by atomic mass is 16.5. The molecule has 0 aliphatic rings.